The minimum atomic E-state index is -0.630. The van der Waals surface area contributed by atoms with Gasteiger partial charge in [0.15, 0.2) is 0 Å². The number of carbonyl (C=O) groups excluding carboxylic acids is 1. The summed E-state index contributed by atoms with van der Waals surface area (Å²) in [5.41, 5.74) is 5.70. The smallest absolute Gasteiger partial charge is 0.252 e. The van der Waals surface area contributed by atoms with Crippen molar-refractivity contribution in [2.24, 2.45) is 0 Å². The second-order valence-electron chi connectivity index (χ2n) is 6.48. The van der Waals surface area contributed by atoms with Gasteiger partial charge in [-0.3, -0.25) is 4.79 Å². The largest absolute Gasteiger partial charge is 0.334 e. The number of aryl methyl sites for hydroxylation is 2. The van der Waals surface area contributed by atoms with Gasteiger partial charge in [-0.2, -0.15) is 0 Å². The maximum absolute atomic E-state index is 12.7. The number of rotatable bonds is 2. The molecule has 0 fully saturated rings. The standard InChI is InChI=1S/C22H19NO/c1-15-7-11-17(12-8-15)22(18-13-9-16(2)10-14-18)20-6-4-3-5-19(20)21(24)23-22/h3-14H,1-2H3,(H,23,24). The normalized spacial score (nSPS) is 15.0. The lowest BCUT2D eigenvalue weighted by Gasteiger charge is -2.32. The van der Waals surface area contributed by atoms with E-state index in [9.17, 15) is 4.79 Å². The highest BCUT2D eigenvalue weighted by Crippen LogP contribution is 2.42. The van der Waals surface area contributed by atoms with E-state index in [4.69, 9.17) is 0 Å². The summed E-state index contributed by atoms with van der Waals surface area (Å²) in [4.78, 5) is 12.7. The minimum absolute atomic E-state index is 0.0215. The minimum Gasteiger partial charge on any atom is -0.334 e. The highest BCUT2D eigenvalue weighted by atomic mass is 16.2. The quantitative estimate of drug-likeness (QED) is 0.749. The summed E-state index contributed by atoms with van der Waals surface area (Å²) in [7, 11) is 0. The zero-order valence-electron chi connectivity index (χ0n) is 13.8. The van der Waals surface area contributed by atoms with E-state index in [1.54, 1.807) is 0 Å². The van der Waals surface area contributed by atoms with Gasteiger partial charge in [0.1, 0.15) is 5.54 Å². The van der Waals surface area contributed by atoms with Crippen molar-refractivity contribution in [2.45, 2.75) is 19.4 Å². The molecule has 2 nitrogen and oxygen atoms in total. The van der Waals surface area contributed by atoms with Crippen LogP contribution in [-0.4, -0.2) is 5.91 Å². The molecule has 1 N–H and O–H groups in total. The summed E-state index contributed by atoms with van der Waals surface area (Å²) in [6.07, 6.45) is 0. The van der Waals surface area contributed by atoms with Gasteiger partial charge in [0.2, 0.25) is 0 Å². The van der Waals surface area contributed by atoms with Crippen LogP contribution in [0.5, 0.6) is 0 Å². The van der Waals surface area contributed by atoms with E-state index >= 15 is 0 Å². The third kappa shape index (κ3) is 2.07. The molecule has 0 spiro atoms. The fraction of sp³-hybridized carbons (Fsp3) is 0.136. The van der Waals surface area contributed by atoms with Gasteiger partial charge in [0.25, 0.3) is 5.91 Å². The molecule has 4 rings (SSSR count). The third-order valence-electron chi connectivity index (χ3n) is 4.85. The monoisotopic (exact) mass is 313 g/mol. The average molecular weight is 313 g/mol. The first kappa shape index (κ1) is 14.7. The number of amides is 1. The van der Waals surface area contributed by atoms with Gasteiger partial charge in [-0.05, 0) is 36.6 Å². The van der Waals surface area contributed by atoms with Crippen molar-refractivity contribution >= 4 is 5.91 Å². The number of carbonyl (C=O) groups is 1. The first-order valence-corrected chi connectivity index (χ1v) is 8.17. The Kier molecular flexibility index (Phi) is 3.27. The topological polar surface area (TPSA) is 29.1 Å². The van der Waals surface area contributed by atoms with E-state index in [0.29, 0.717) is 0 Å². The lowest BCUT2D eigenvalue weighted by Crippen LogP contribution is -2.41. The highest BCUT2D eigenvalue weighted by Gasteiger charge is 2.45. The second kappa shape index (κ2) is 5.34. The van der Waals surface area contributed by atoms with Crippen LogP contribution in [0.4, 0.5) is 0 Å². The Labute approximate surface area is 142 Å². The lowest BCUT2D eigenvalue weighted by atomic mass is 9.77. The van der Waals surface area contributed by atoms with Crippen molar-refractivity contribution in [1.82, 2.24) is 5.32 Å². The Morgan fingerprint density at radius 2 is 1.21 bits per heavy atom. The summed E-state index contributed by atoms with van der Waals surface area (Å²) < 4.78 is 0. The van der Waals surface area contributed by atoms with E-state index in [1.807, 2.05) is 24.3 Å². The van der Waals surface area contributed by atoms with Gasteiger partial charge in [-0.1, -0.05) is 77.9 Å². The predicted molar refractivity (Wildman–Crippen MR) is 96.1 cm³/mol. The maximum atomic E-state index is 12.7. The SMILES string of the molecule is Cc1ccc(C2(c3ccc(C)cc3)NC(=O)c3ccccc32)cc1. The predicted octanol–water partition coefficient (Wildman–Crippen LogP) is 4.34. The Morgan fingerprint density at radius 3 is 1.75 bits per heavy atom. The summed E-state index contributed by atoms with van der Waals surface area (Å²) in [6.45, 7) is 4.15. The molecule has 0 aromatic heterocycles. The molecule has 0 radical (unpaired) electrons. The average Bonchev–Trinajstić information content (AvgIpc) is 2.91. The van der Waals surface area contributed by atoms with E-state index < -0.39 is 5.54 Å². The van der Waals surface area contributed by atoms with Crippen molar-refractivity contribution in [2.75, 3.05) is 0 Å². The Bertz CT molecular complexity index is 862. The number of benzene rings is 3. The van der Waals surface area contributed by atoms with Crippen LogP contribution >= 0.6 is 0 Å². The number of fused-ring (bicyclic) bond motifs is 1. The molecule has 0 saturated carbocycles. The molecule has 0 bridgehead atoms. The first-order valence-electron chi connectivity index (χ1n) is 8.17. The molecule has 1 aliphatic heterocycles. The zero-order chi connectivity index (χ0) is 16.7. The van der Waals surface area contributed by atoms with Crippen LogP contribution in [0.3, 0.4) is 0 Å². The summed E-state index contributed by atoms with van der Waals surface area (Å²) in [5, 5.41) is 3.27. The Balaban J connectivity index is 2.03. The van der Waals surface area contributed by atoms with Crippen molar-refractivity contribution in [1.29, 1.82) is 0 Å². The van der Waals surface area contributed by atoms with Gasteiger partial charge in [-0.25, -0.2) is 0 Å². The van der Waals surface area contributed by atoms with Gasteiger partial charge in [0, 0.05) is 5.56 Å². The van der Waals surface area contributed by atoms with Crippen LogP contribution in [-0.2, 0) is 5.54 Å². The van der Waals surface area contributed by atoms with Gasteiger partial charge >= 0.3 is 0 Å². The summed E-state index contributed by atoms with van der Waals surface area (Å²) >= 11 is 0. The molecule has 3 aromatic rings. The number of hydrogen-bond donors (Lipinski definition) is 1. The molecule has 0 saturated heterocycles. The van der Waals surface area contributed by atoms with Crippen LogP contribution in [0.15, 0.2) is 72.8 Å². The van der Waals surface area contributed by atoms with E-state index in [-0.39, 0.29) is 5.91 Å². The van der Waals surface area contributed by atoms with Crippen molar-refractivity contribution < 1.29 is 4.79 Å². The molecular weight excluding hydrogens is 294 g/mol. The fourth-order valence-corrected chi connectivity index (χ4v) is 3.54. The van der Waals surface area contributed by atoms with Crippen molar-refractivity contribution in [3.63, 3.8) is 0 Å². The molecule has 1 heterocycles. The molecule has 2 heteroatoms. The summed E-state index contributed by atoms with van der Waals surface area (Å²) in [6, 6.07) is 24.7. The number of hydrogen-bond acceptors (Lipinski definition) is 1. The second-order valence-corrected chi connectivity index (χ2v) is 6.48. The lowest BCUT2D eigenvalue weighted by molar-refractivity contribution is 0.0948. The molecule has 0 unspecified atom stereocenters. The maximum Gasteiger partial charge on any atom is 0.252 e. The van der Waals surface area contributed by atoms with Crippen LogP contribution in [0, 0.1) is 13.8 Å². The molecule has 1 amide bonds. The first-order chi connectivity index (χ1) is 11.6. The molecule has 118 valence electrons. The highest BCUT2D eigenvalue weighted by molar-refractivity contribution is 6.01. The molecule has 0 aliphatic carbocycles. The van der Waals surface area contributed by atoms with Crippen molar-refractivity contribution in [3.8, 4) is 0 Å². The fourth-order valence-electron chi connectivity index (χ4n) is 3.54. The van der Waals surface area contributed by atoms with E-state index in [1.165, 1.54) is 11.1 Å². The zero-order valence-corrected chi connectivity index (χ0v) is 13.8. The molecule has 0 atom stereocenters. The summed E-state index contributed by atoms with van der Waals surface area (Å²) in [5.74, 6) is -0.0215. The van der Waals surface area contributed by atoms with Gasteiger partial charge < -0.3 is 5.32 Å². The molecule has 24 heavy (non-hydrogen) atoms. The molecular formula is C22H19NO. The molecule has 1 aliphatic rings. The van der Waals surface area contributed by atoms with Gasteiger partial charge in [0.05, 0.1) is 0 Å². The number of nitrogens with one attached hydrogen (secondary N) is 1. The van der Waals surface area contributed by atoms with E-state index in [2.05, 4.69) is 67.7 Å². The van der Waals surface area contributed by atoms with Gasteiger partial charge in [-0.15, -0.1) is 0 Å². The molecule has 3 aromatic carbocycles. The van der Waals surface area contributed by atoms with Crippen LogP contribution in [0.25, 0.3) is 0 Å². The van der Waals surface area contributed by atoms with Crippen LogP contribution in [0.2, 0.25) is 0 Å². The van der Waals surface area contributed by atoms with Crippen LogP contribution < -0.4 is 5.32 Å². The Hall–Kier alpha value is -2.87. The van der Waals surface area contributed by atoms with Crippen molar-refractivity contribution in [3.05, 3.63) is 106 Å². The van der Waals surface area contributed by atoms with Crippen LogP contribution in [0.1, 0.15) is 38.2 Å². The third-order valence-corrected chi connectivity index (χ3v) is 4.85. The van der Waals surface area contributed by atoms with E-state index in [0.717, 1.165) is 22.3 Å². The Morgan fingerprint density at radius 1 is 0.708 bits per heavy atom.